The number of rotatable bonds is 18. The van der Waals surface area contributed by atoms with Crippen molar-refractivity contribution in [1.82, 2.24) is 4.90 Å². The molecule has 4 atom stereocenters. The molecule has 1 heterocycles. The largest absolute Gasteiger partial charge is 0.493 e. The van der Waals surface area contributed by atoms with Gasteiger partial charge in [0.1, 0.15) is 24.9 Å². The van der Waals surface area contributed by atoms with Gasteiger partial charge in [-0.3, -0.25) is 4.79 Å². The standard InChI is InChI=1S/C39H63NO8Si/c1-11-18-28(3)47-38(42)32-21-16-17-22-40(32)37(41)35(29-19-14-13-15-20-29)30-24-33(43-7)36(44-8)34(25-30)46-27-31(26-45-23-12-2)48-49(9,10)39(4,5)6/h11-12,24-25,28-29,31-32,35H,1-2,13-23,26-27H2,3-10H3/t28-,31+,32+,35+/m1/s1. The first-order valence-corrected chi connectivity index (χ1v) is 21.1. The molecular weight excluding hydrogens is 639 g/mol. The van der Waals surface area contributed by atoms with Crippen LogP contribution in [0.1, 0.15) is 97.0 Å². The van der Waals surface area contributed by atoms with E-state index >= 15 is 0 Å². The summed E-state index contributed by atoms with van der Waals surface area (Å²) >= 11 is 0. The zero-order valence-corrected chi connectivity index (χ0v) is 32.5. The summed E-state index contributed by atoms with van der Waals surface area (Å²) in [4.78, 5) is 30.0. The molecule has 1 saturated carbocycles. The second-order valence-corrected chi connectivity index (χ2v) is 19.8. The third-order valence-electron chi connectivity index (χ3n) is 10.3. The lowest BCUT2D eigenvalue weighted by Crippen LogP contribution is -2.51. The minimum atomic E-state index is -2.16. The maximum atomic E-state index is 14.8. The monoisotopic (exact) mass is 701 g/mol. The van der Waals surface area contributed by atoms with Gasteiger partial charge in [-0.1, -0.05) is 52.2 Å². The first kappa shape index (κ1) is 40.6. The van der Waals surface area contributed by atoms with Gasteiger partial charge in [0.2, 0.25) is 11.7 Å². The summed E-state index contributed by atoms with van der Waals surface area (Å²) in [5.41, 5.74) is 0.798. The lowest BCUT2D eigenvalue weighted by atomic mass is 9.75. The Balaban J connectivity index is 2.01. The van der Waals surface area contributed by atoms with Crippen LogP contribution in [-0.2, 0) is 23.5 Å². The molecule has 0 spiro atoms. The predicted molar refractivity (Wildman–Crippen MR) is 197 cm³/mol. The number of hydrogen-bond acceptors (Lipinski definition) is 8. The molecule has 0 aromatic heterocycles. The molecule has 2 aliphatic rings. The number of ether oxygens (including phenoxy) is 5. The van der Waals surface area contributed by atoms with E-state index in [1.165, 1.54) is 0 Å². The number of benzene rings is 1. The molecule has 1 amide bonds. The van der Waals surface area contributed by atoms with Gasteiger partial charge in [-0.05, 0) is 80.8 Å². The molecule has 0 unspecified atom stereocenters. The Morgan fingerprint density at radius 3 is 2.24 bits per heavy atom. The maximum Gasteiger partial charge on any atom is 0.329 e. The van der Waals surface area contributed by atoms with Crippen molar-refractivity contribution in [2.75, 3.05) is 40.6 Å². The molecule has 1 saturated heterocycles. The van der Waals surface area contributed by atoms with Crippen LogP contribution in [0.4, 0.5) is 0 Å². The van der Waals surface area contributed by atoms with E-state index in [1.54, 1.807) is 31.3 Å². The smallest absolute Gasteiger partial charge is 0.329 e. The van der Waals surface area contributed by atoms with Crippen molar-refractivity contribution in [3.63, 3.8) is 0 Å². The van der Waals surface area contributed by atoms with Gasteiger partial charge in [-0.15, -0.1) is 13.2 Å². The number of amides is 1. The minimum Gasteiger partial charge on any atom is -0.493 e. The summed E-state index contributed by atoms with van der Waals surface area (Å²) in [6.07, 6.45) is 10.9. The summed E-state index contributed by atoms with van der Waals surface area (Å²) in [5, 5.41) is 0.000517. The topological polar surface area (TPSA) is 92.8 Å². The number of piperidine rings is 1. The van der Waals surface area contributed by atoms with E-state index in [2.05, 4.69) is 47.0 Å². The number of methoxy groups -OCH3 is 2. The molecule has 49 heavy (non-hydrogen) atoms. The molecule has 1 aliphatic heterocycles. The van der Waals surface area contributed by atoms with E-state index in [4.69, 9.17) is 28.1 Å². The fraction of sp³-hybridized carbons (Fsp3) is 0.692. The summed E-state index contributed by atoms with van der Waals surface area (Å²) < 4.78 is 36.6. The van der Waals surface area contributed by atoms with Crippen LogP contribution in [0.5, 0.6) is 17.2 Å². The van der Waals surface area contributed by atoms with Crippen molar-refractivity contribution >= 4 is 20.2 Å². The van der Waals surface area contributed by atoms with Crippen molar-refractivity contribution in [2.45, 2.75) is 128 Å². The van der Waals surface area contributed by atoms with E-state index in [-0.39, 0.29) is 41.6 Å². The maximum absolute atomic E-state index is 14.8. The van der Waals surface area contributed by atoms with Gasteiger partial charge in [0.05, 0.1) is 33.4 Å². The fourth-order valence-corrected chi connectivity index (χ4v) is 8.00. The zero-order valence-electron chi connectivity index (χ0n) is 31.5. The van der Waals surface area contributed by atoms with E-state index in [9.17, 15) is 9.59 Å². The molecule has 1 aromatic rings. The van der Waals surface area contributed by atoms with E-state index in [0.29, 0.717) is 49.8 Å². The number of carbonyl (C=O) groups excluding carboxylic acids is 2. The molecular formula is C39H63NO8Si. The van der Waals surface area contributed by atoms with E-state index in [1.807, 2.05) is 19.1 Å². The van der Waals surface area contributed by atoms with Crippen molar-refractivity contribution < 1.29 is 37.7 Å². The quantitative estimate of drug-likeness (QED) is 0.0655. The SMILES string of the molecule is C=CCOC[C@@H](COc1cc([C@@H](C(=O)N2CCCC[C@H]2C(=O)O[C@H](C)CC=C)C2CCCCC2)cc(OC)c1OC)O[Si](C)(C)C(C)(C)C. The number of likely N-dealkylation sites (tertiary alicyclic amines) is 1. The second-order valence-electron chi connectivity index (χ2n) is 15.1. The molecule has 9 nitrogen and oxygen atoms in total. The Morgan fingerprint density at radius 1 is 0.959 bits per heavy atom. The average molecular weight is 702 g/mol. The molecule has 2 fully saturated rings. The number of hydrogen-bond donors (Lipinski definition) is 0. The van der Waals surface area contributed by atoms with Gasteiger partial charge in [0, 0.05) is 13.0 Å². The molecule has 0 N–H and O–H groups in total. The van der Waals surface area contributed by atoms with Crippen LogP contribution in [-0.4, -0.2) is 83.9 Å². The highest BCUT2D eigenvalue weighted by molar-refractivity contribution is 6.74. The molecule has 276 valence electrons. The Hall–Kier alpha value is -2.82. The van der Waals surface area contributed by atoms with Gasteiger partial charge in [-0.2, -0.15) is 0 Å². The van der Waals surface area contributed by atoms with Gasteiger partial charge >= 0.3 is 5.97 Å². The van der Waals surface area contributed by atoms with Crippen LogP contribution in [0.2, 0.25) is 18.1 Å². The van der Waals surface area contributed by atoms with Crippen LogP contribution < -0.4 is 14.2 Å². The normalized spacial score (nSPS) is 19.3. The molecule has 0 bridgehead atoms. The van der Waals surface area contributed by atoms with Crippen LogP contribution in [0.25, 0.3) is 0 Å². The number of carbonyl (C=O) groups is 2. The predicted octanol–water partition coefficient (Wildman–Crippen LogP) is 8.23. The van der Waals surface area contributed by atoms with Crippen LogP contribution >= 0.6 is 0 Å². The highest BCUT2D eigenvalue weighted by Crippen LogP contribution is 2.45. The van der Waals surface area contributed by atoms with Crippen LogP contribution in [0, 0.1) is 5.92 Å². The van der Waals surface area contributed by atoms with Crippen LogP contribution in [0.3, 0.4) is 0 Å². The lowest BCUT2D eigenvalue weighted by molar-refractivity contribution is -0.161. The number of esters is 1. The summed E-state index contributed by atoms with van der Waals surface area (Å²) in [7, 11) is 1.02. The van der Waals surface area contributed by atoms with Crippen molar-refractivity contribution in [2.24, 2.45) is 5.92 Å². The fourth-order valence-electron chi connectivity index (χ4n) is 6.67. The van der Waals surface area contributed by atoms with Gasteiger partial charge < -0.3 is 33.0 Å². The molecule has 1 aromatic carbocycles. The third-order valence-corrected chi connectivity index (χ3v) is 14.9. The van der Waals surface area contributed by atoms with Gasteiger partial charge in [0.15, 0.2) is 19.8 Å². The summed E-state index contributed by atoms with van der Waals surface area (Å²) in [6.45, 7) is 21.9. The molecule has 10 heteroatoms. The molecule has 1 aliphatic carbocycles. The van der Waals surface area contributed by atoms with Crippen LogP contribution in [0.15, 0.2) is 37.4 Å². The molecule has 0 radical (unpaired) electrons. The Labute approximate surface area is 296 Å². The van der Waals surface area contributed by atoms with Crippen molar-refractivity contribution in [1.29, 1.82) is 0 Å². The first-order valence-electron chi connectivity index (χ1n) is 18.1. The van der Waals surface area contributed by atoms with Gasteiger partial charge in [-0.25, -0.2) is 4.79 Å². The lowest BCUT2D eigenvalue weighted by Gasteiger charge is -2.40. The highest BCUT2D eigenvalue weighted by atomic mass is 28.4. The summed E-state index contributed by atoms with van der Waals surface area (Å²) in [5.74, 6) is 0.679. The van der Waals surface area contributed by atoms with E-state index in [0.717, 1.165) is 50.5 Å². The average Bonchev–Trinajstić information content (AvgIpc) is 3.06. The highest BCUT2D eigenvalue weighted by Gasteiger charge is 2.42. The Kier molecular flexibility index (Phi) is 15.7. The third kappa shape index (κ3) is 11.1. The van der Waals surface area contributed by atoms with Gasteiger partial charge in [0.25, 0.3) is 0 Å². The Bertz CT molecular complexity index is 1240. The zero-order chi connectivity index (χ0) is 36.2. The van der Waals surface area contributed by atoms with Crippen molar-refractivity contribution in [3.05, 3.63) is 43.0 Å². The second kappa shape index (κ2) is 19.0. The minimum absolute atomic E-state index is 0.000517. The Morgan fingerprint density at radius 2 is 1.63 bits per heavy atom. The first-order chi connectivity index (χ1) is 23.3. The van der Waals surface area contributed by atoms with Crippen molar-refractivity contribution in [3.8, 4) is 17.2 Å². The number of nitrogens with zero attached hydrogens (tertiary/aromatic N) is 1. The summed E-state index contributed by atoms with van der Waals surface area (Å²) in [6, 6.07) is 3.22. The van der Waals surface area contributed by atoms with E-state index < -0.39 is 20.3 Å². The molecule has 3 rings (SSSR count).